The van der Waals surface area contributed by atoms with Gasteiger partial charge in [-0.3, -0.25) is 4.79 Å². The van der Waals surface area contributed by atoms with Crippen LogP contribution in [0.3, 0.4) is 0 Å². The molecule has 0 saturated heterocycles. The average molecular weight is 340 g/mol. The van der Waals surface area contributed by atoms with Crippen LogP contribution in [0.4, 0.5) is 4.39 Å². The predicted molar refractivity (Wildman–Crippen MR) is 85.6 cm³/mol. The summed E-state index contributed by atoms with van der Waals surface area (Å²) in [6, 6.07) is 6.53. The summed E-state index contributed by atoms with van der Waals surface area (Å²) >= 11 is 0. The number of esters is 1. The van der Waals surface area contributed by atoms with E-state index in [4.69, 9.17) is 4.74 Å². The minimum Gasteiger partial charge on any atom is -0.424 e. The molecule has 0 aliphatic heterocycles. The van der Waals surface area contributed by atoms with Gasteiger partial charge >= 0.3 is 5.97 Å². The second-order valence-electron chi connectivity index (χ2n) is 6.95. The maximum atomic E-state index is 14.3. The number of hydrogen-bond acceptors (Lipinski definition) is 5. The van der Waals surface area contributed by atoms with Crippen LogP contribution in [0.5, 0.6) is 5.75 Å². The number of fused-ring (bicyclic) bond motifs is 2. The molecule has 4 rings (SSSR count). The molecule has 0 atom stereocenters. The van der Waals surface area contributed by atoms with E-state index in [1.165, 1.54) is 18.2 Å². The number of hydrogen-bond donors (Lipinski definition) is 1. The molecular weight excluding hydrogens is 323 g/mol. The topological polar surface area (TPSA) is 94.1 Å². The number of rotatable bonds is 3. The summed E-state index contributed by atoms with van der Waals surface area (Å²) < 4.78 is 19.7. The van der Waals surface area contributed by atoms with Crippen molar-refractivity contribution in [2.24, 2.45) is 10.8 Å². The molecule has 3 aliphatic rings. The third-order valence-corrected chi connectivity index (χ3v) is 5.48. The largest absolute Gasteiger partial charge is 0.424 e. The zero-order valence-electron chi connectivity index (χ0n) is 13.8. The van der Waals surface area contributed by atoms with Crippen molar-refractivity contribution in [1.82, 2.24) is 0 Å². The van der Waals surface area contributed by atoms with Gasteiger partial charge in [-0.05, 0) is 43.4 Å². The lowest BCUT2D eigenvalue weighted by molar-refractivity contribution is -0.147. The standard InChI is InChI=1S/C19H17FN2O3/c1-18-4-6-19(7-5-18,8-16(18)20)17(24)25-15-3-2-12(11-23)13(9-21)14(15)10-22/h2-3,8,23H,4-7,11H2,1H3. The first-order chi connectivity index (χ1) is 11.9. The number of ether oxygens (including phenoxy) is 1. The lowest BCUT2D eigenvalue weighted by Crippen LogP contribution is -2.44. The van der Waals surface area contributed by atoms with Gasteiger partial charge in [0.05, 0.1) is 17.6 Å². The molecule has 0 unspecified atom stereocenters. The summed E-state index contributed by atoms with van der Waals surface area (Å²) in [5.74, 6) is -0.930. The van der Waals surface area contributed by atoms with E-state index in [0.29, 0.717) is 25.7 Å². The van der Waals surface area contributed by atoms with Gasteiger partial charge in [-0.25, -0.2) is 4.39 Å². The molecule has 5 nitrogen and oxygen atoms in total. The number of carbonyl (C=O) groups is 1. The van der Waals surface area contributed by atoms with Crippen LogP contribution >= 0.6 is 0 Å². The van der Waals surface area contributed by atoms with E-state index in [9.17, 15) is 24.8 Å². The van der Waals surface area contributed by atoms with Crippen molar-refractivity contribution in [1.29, 1.82) is 10.5 Å². The molecule has 25 heavy (non-hydrogen) atoms. The third kappa shape index (κ3) is 2.59. The number of allylic oxidation sites excluding steroid dienone is 1. The summed E-state index contributed by atoms with van der Waals surface area (Å²) in [7, 11) is 0. The van der Waals surface area contributed by atoms with Gasteiger partial charge in [-0.15, -0.1) is 0 Å². The van der Waals surface area contributed by atoms with Crippen LogP contribution in [0, 0.1) is 33.5 Å². The van der Waals surface area contributed by atoms with Crippen molar-refractivity contribution in [2.45, 2.75) is 39.2 Å². The molecule has 1 aromatic carbocycles. The predicted octanol–water partition coefficient (Wildman–Crippen LogP) is 3.26. The fraction of sp³-hybridized carbons (Fsp3) is 0.421. The Bertz CT molecular complexity index is 853. The van der Waals surface area contributed by atoms with Crippen LogP contribution in [0.15, 0.2) is 24.0 Å². The van der Waals surface area contributed by atoms with Gasteiger partial charge < -0.3 is 9.84 Å². The minimum atomic E-state index is -1.02. The molecule has 128 valence electrons. The zero-order valence-corrected chi connectivity index (χ0v) is 13.8. The maximum absolute atomic E-state index is 14.3. The maximum Gasteiger partial charge on any atom is 0.321 e. The third-order valence-electron chi connectivity index (χ3n) is 5.48. The first kappa shape index (κ1) is 17.1. The number of aliphatic hydroxyl groups excluding tert-OH is 1. The summed E-state index contributed by atoms with van der Waals surface area (Å²) in [5.41, 5.74) is -1.34. The fourth-order valence-corrected chi connectivity index (χ4v) is 3.59. The molecule has 1 saturated carbocycles. The Morgan fingerprint density at radius 2 is 1.88 bits per heavy atom. The number of carbonyl (C=O) groups excluding carboxylic acids is 1. The van der Waals surface area contributed by atoms with Crippen LogP contribution in [0.2, 0.25) is 0 Å². The van der Waals surface area contributed by atoms with E-state index in [1.54, 1.807) is 0 Å². The highest BCUT2D eigenvalue weighted by Crippen LogP contribution is 2.56. The van der Waals surface area contributed by atoms with Crippen LogP contribution in [-0.4, -0.2) is 11.1 Å². The van der Waals surface area contributed by atoms with Gasteiger partial charge in [0.15, 0.2) is 0 Å². The van der Waals surface area contributed by atoms with Crippen LogP contribution < -0.4 is 4.74 Å². The Morgan fingerprint density at radius 1 is 1.24 bits per heavy atom. The summed E-state index contributed by atoms with van der Waals surface area (Å²) in [6.45, 7) is 1.45. The van der Waals surface area contributed by atoms with E-state index in [0.717, 1.165) is 0 Å². The SMILES string of the molecule is CC12CCC(C(=O)Oc3ccc(CO)c(C#N)c3C#N)(C=C1F)CC2. The van der Waals surface area contributed by atoms with Gasteiger partial charge in [0.1, 0.15) is 29.3 Å². The van der Waals surface area contributed by atoms with Gasteiger partial charge in [-0.1, -0.05) is 13.0 Å². The fourth-order valence-electron chi connectivity index (χ4n) is 3.59. The first-order valence-electron chi connectivity index (χ1n) is 8.07. The van der Waals surface area contributed by atoms with Gasteiger partial charge in [0.2, 0.25) is 0 Å². The molecule has 0 spiro atoms. The van der Waals surface area contributed by atoms with Crippen molar-refractivity contribution < 1.29 is 19.0 Å². The molecule has 0 aromatic heterocycles. The second-order valence-corrected chi connectivity index (χ2v) is 6.95. The van der Waals surface area contributed by atoms with Gasteiger partial charge in [0.25, 0.3) is 0 Å². The van der Waals surface area contributed by atoms with Crippen LogP contribution in [-0.2, 0) is 11.4 Å². The van der Waals surface area contributed by atoms with Crippen LogP contribution in [0.1, 0.15) is 49.3 Å². The Labute approximate surface area is 144 Å². The Hall–Kier alpha value is -2.70. The zero-order chi connectivity index (χ0) is 18.2. The molecule has 1 N–H and O–H groups in total. The van der Waals surface area contributed by atoms with E-state index in [2.05, 4.69) is 0 Å². The molecule has 3 aliphatic carbocycles. The molecule has 0 radical (unpaired) electrons. The number of nitrogens with zero attached hydrogens (tertiary/aromatic N) is 2. The van der Waals surface area contributed by atoms with E-state index in [1.807, 2.05) is 19.1 Å². The molecule has 6 heteroatoms. The molecule has 0 amide bonds. The summed E-state index contributed by atoms with van der Waals surface area (Å²) in [4.78, 5) is 12.7. The van der Waals surface area contributed by atoms with Crippen molar-refractivity contribution in [3.05, 3.63) is 40.7 Å². The normalized spacial score (nSPS) is 27.2. The number of halogens is 1. The van der Waals surface area contributed by atoms with Crippen molar-refractivity contribution >= 4 is 5.97 Å². The number of nitriles is 2. The van der Waals surface area contributed by atoms with Crippen molar-refractivity contribution in [3.63, 3.8) is 0 Å². The molecule has 1 fully saturated rings. The van der Waals surface area contributed by atoms with E-state index >= 15 is 0 Å². The van der Waals surface area contributed by atoms with E-state index < -0.39 is 23.4 Å². The molecule has 0 heterocycles. The highest BCUT2D eigenvalue weighted by molar-refractivity contribution is 5.83. The lowest BCUT2D eigenvalue weighted by Gasteiger charge is -2.46. The monoisotopic (exact) mass is 340 g/mol. The average Bonchev–Trinajstić information content (AvgIpc) is 2.62. The molecular formula is C19H17FN2O3. The smallest absolute Gasteiger partial charge is 0.321 e. The van der Waals surface area contributed by atoms with Gasteiger partial charge in [-0.2, -0.15) is 10.5 Å². The van der Waals surface area contributed by atoms with Crippen LogP contribution in [0.25, 0.3) is 0 Å². The number of aliphatic hydroxyl groups is 1. The second kappa shape index (κ2) is 5.98. The Kier molecular flexibility index (Phi) is 4.10. The van der Waals surface area contributed by atoms with Crippen molar-refractivity contribution in [3.8, 4) is 17.9 Å². The number of benzene rings is 1. The Balaban J connectivity index is 1.96. The lowest BCUT2D eigenvalue weighted by atomic mass is 9.58. The highest BCUT2D eigenvalue weighted by Gasteiger charge is 2.52. The summed E-state index contributed by atoms with van der Waals surface area (Å²) in [6.07, 6.45) is 3.50. The molecule has 2 bridgehead atoms. The quantitative estimate of drug-likeness (QED) is 0.673. The Morgan fingerprint density at radius 3 is 2.40 bits per heavy atom. The molecule has 1 aromatic rings. The van der Waals surface area contributed by atoms with E-state index in [-0.39, 0.29) is 28.3 Å². The highest BCUT2D eigenvalue weighted by atomic mass is 19.1. The van der Waals surface area contributed by atoms with Gasteiger partial charge in [0, 0.05) is 5.41 Å². The minimum absolute atomic E-state index is 0.0191. The first-order valence-corrected chi connectivity index (χ1v) is 8.07. The summed E-state index contributed by atoms with van der Waals surface area (Å²) in [5, 5.41) is 27.8. The van der Waals surface area contributed by atoms with Crippen molar-refractivity contribution in [2.75, 3.05) is 0 Å².